The van der Waals surface area contributed by atoms with Gasteiger partial charge in [0, 0.05) is 31.0 Å². The smallest absolute Gasteiger partial charge is 0.218 e. The zero-order valence-corrected chi connectivity index (χ0v) is 10.2. The molecule has 92 valence electrons. The highest BCUT2D eigenvalue weighted by Crippen LogP contribution is 2.30. The van der Waals surface area contributed by atoms with Crippen LogP contribution in [0.2, 0.25) is 5.02 Å². The molecule has 0 fully saturated rings. The molecule has 1 aliphatic heterocycles. The first-order valence-corrected chi connectivity index (χ1v) is 5.97. The first-order valence-electron chi connectivity index (χ1n) is 5.59. The first-order chi connectivity index (χ1) is 8.15. The average molecular weight is 255 g/mol. The Morgan fingerprint density at radius 2 is 2.41 bits per heavy atom. The van der Waals surface area contributed by atoms with Crippen molar-refractivity contribution < 1.29 is 9.53 Å². The second-order valence-corrected chi connectivity index (χ2v) is 4.55. The van der Waals surface area contributed by atoms with Crippen molar-refractivity contribution in [1.29, 1.82) is 0 Å². The summed E-state index contributed by atoms with van der Waals surface area (Å²) in [5.74, 6) is 0.607. The van der Waals surface area contributed by atoms with E-state index in [1.54, 1.807) is 0 Å². The van der Waals surface area contributed by atoms with Gasteiger partial charge in [-0.05, 0) is 23.8 Å². The number of nitrogens with two attached hydrogens (primary N) is 1. The third-order valence-electron chi connectivity index (χ3n) is 2.68. The van der Waals surface area contributed by atoms with Crippen LogP contribution in [0.25, 0.3) is 0 Å². The van der Waals surface area contributed by atoms with E-state index in [9.17, 15) is 4.79 Å². The number of halogens is 1. The van der Waals surface area contributed by atoms with E-state index in [2.05, 4.69) is 5.32 Å². The van der Waals surface area contributed by atoms with Gasteiger partial charge >= 0.3 is 0 Å². The number of carbonyl (C=O) groups excluding carboxylic acids is 1. The molecule has 1 unspecified atom stereocenters. The minimum Gasteiger partial charge on any atom is -0.488 e. The van der Waals surface area contributed by atoms with Crippen LogP contribution in [0, 0.1) is 0 Å². The highest BCUT2D eigenvalue weighted by atomic mass is 35.5. The van der Waals surface area contributed by atoms with Gasteiger partial charge in [0.2, 0.25) is 5.91 Å². The molecule has 0 spiro atoms. The largest absolute Gasteiger partial charge is 0.488 e. The molecule has 0 aromatic heterocycles. The molecule has 1 aromatic carbocycles. The summed E-state index contributed by atoms with van der Waals surface area (Å²) in [6, 6.07) is 5.64. The Morgan fingerprint density at radius 1 is 1.59 bits per heavy atom. The number of rotatable bonds is 5. The summed E-state index contributed by atoms with van der Waals surface area (Å²) < 4.78 is 5.73. The van der Waals surface area contributed by atoms with Crippen LogP contribution >= 0.6 is 11.6 Å². The van der Waals surface area contributed by atoms with Crippen LogP contribution in [0.3, 0.4) is 0 Å². The van der Waals surface area contributed by atoms with Gasteiger partial charge in [-0.25, -0.2) is 0 Å². The van der Waals surface area contributed by atoms with Gasteiger partial charge in [-0.3, -0.25) is 4.79 Å². The van der Waals surface area contributed by atoms with Crippen molar-refractivity contribution in [2.45, 2.75) is 18.9 Å². The minimum absolute atomic E-state index is 0.108. The molecule has 17 heavy (non-hydrogen) atoms. The van der Waals surface area contributed by atoms with Crippen LogP contribution < -0.4 is 15.8 Å². The molecule has 3 N–H and O–H groups in total. The molecule has 0 saturated carbocycles. The first kappa shape index (κ1) is 12.2. The van der Waals surface area contributed by atoms with Gasteiger partial charge in [0.1, 0.15) is 11.9 Å². The molecule has 1 aromatic rings. The summed E-state index contributed by atoms with van der Waals surface area (Å²) in [6.45, 7) is 1.30. The Kier molecular flexibility index (Phi) is 3.86. The predicted octanol–water partition coefficient (Wildman–Crippen LogP) is 1.11. The molecule has 0 bridgehead atoms. The highest BCUT2D eigenvalue weighted by Gasteiger charge is 2.22. The number of fused-ring (bicyclic) bond motifs is 1. The average Bonchev–Trinajstić information content (AvgIpc) is 2.66. The number of hydrogen-bond donors (Lipinski definition) is 2. The van der Waals surface area contributed by atoms with E-state index in [4.69, 9.17) is 22.1 Å². The number of nitrogens with one attached hydrogen (secondary N) is 1. The molecular weight excluding hydrogens is 240 g/mol. The van der Waals surface area contributed by atoms with Crippen LogP contribution in [0.1, 0.15) is 12.0 Å². The summed E-state index contributed by atoms with van der Waals surface area (Å²) in [5, 5.41) is 3.88. The Labute approximate surface area is 105 Å². The maximum atomic E-state index is 10.5. The number of primary amides is 1. The van der Waals surface area contributed by atoms with Crippen molar-refractivity contribution in [3.8, 4) is 5.75 Å². The molecule has 0 aliphatic carbocycles. The van der Waals surface area contributed by atoms with Crippen molar-refractivity contribution in [2.75, 3.05) is 13.1 Å². The molecule has 4 nitrogen and oxygen atoms in total. The Bertz CT molecular complexity index is 423. The van der Waals surface area contributed by atoms with E-state index in [-0.39, 0.29) is 12.0 Å². The van der Waals surface area contributed by atoms with Crippen LogP contribution in [-0.2, 0) is 11.2 Å². The van der Waals surface area contributed by atoms with Gasteiger partial charge in [-0.1, -0.05) is 11.6 Å². The highest BCUT2D eigenvalue weighted by molar-refractivity contribution is 6.30. The summed E-state index contributed by atoms with van der Waals surface area (Å²) in [6.07, 6.45) is 1.31. The number of ether oxygens (including phenoxy) is 1. The van der Waals surface area contributed by atoms with Crippen molar-refractivity contribution in [3.05, 3.63) is 28.8 Å². The summed E-state index contributed by atoms with van der Waals surface area (Å²) in [5.41, 5.74) is 6.19. The number of benzene rings is 1. The SMILES string of the molecule is NC(=O)CCNCC1Cc2cc(Cl)ccc2O1. The standard InChI is InChI=1S/C12H15ClN2O2/c13-9-1-2-11-8(5-9)6-10(17-11)7-15-4-3-12(14)16/h1-2,5,10,15H,3-4,6-7H2,(H2,14,16). The summed E-state index contributed by atoms with van der Waals surface area (Å²) in [4.78, 5) is 10.5. The van der Waals surface area contributed by atoms with Crippen LogP contribution in [-0.4, -0.2) is 25.1 Å². The molecule has 1 atom stereocenters. The summed E-state index contributed by atoms with van der Waals surface area (Å²) in [7, 11) is 0. The van der Waals surface area contributed by atoms with Gasteiger partial charge in [0.05, 0.1) is 0 Å². The van der Waals surface area contributed by atoms with Gasteiger partial charge in [-0.15, -0.1) is 0 Å². The van der Waals surface area contributed by atoms with E-state index in [1.807, 2.05) is 18.2 Å². The third-order valence-corrected chi connectivity index (χ3v) is 2.92. The second-order valence-electron chi connectivity index (χ2n) is 4.12. The van der Waals surface area contributed by atoms with Crippen LogP contribution in [0.5, 0.6) is 5.75 Å². The molecule has 0 saturated heterocycles. The van der Waals surface area contributed by atoms with Crippen molar-refractivity contribution in [3.63, 3.8) is 0 Å². The molecular formula is C12H15ClN2O2. The van der Waals surface area contributed by atoms with Crippen LogP contribution in [0.4, 0.5) is 0 Å². The lowest BCUT2D eigenvalue weighted by Gasteiger charge is -2.11. The van der Waals surface area contributed by atoms with Crippen molar-refractivity contribution in [2.24, 2.45) is 5.73 Å². The molecule has 1 amide bonds. The van der Waals surface area contributed by atoms with Crippen LogP contribution in [0.15, 0.2) is 18.2 Å². The van der Waals surface area contributed by atoms with Crippen molar-refractivity contribution in [1.82, 2.24) is 5.32 Å². The van der Waals surface area contributed by atoms with E-state index >= 15 is 0 Å². The number of amides is 1. The lowest BCUT2D eigenvalue weighted by molar-refractivity contribution is -0.117. The second kappa shape index (κ2) is 5.38. The quantitative estimate of drug-likeness (QED) is 0.774. The summed E-state index contributed by atoms with van der Waals surface area (Å²) >= 11 is 5.91. The molecule has 1 aliphatic rings. The Balaban J connectivity index is 1.78. The molecule has 5 heteroatoms. The fourth-order valence-electron chi connectivity index (χ4n) is 1.88. The topological polar surface area (TPSA) is 64.4 Å². The van der Waals surface area contributed by atoms with E-state index in [0.29, 0.717) is 19.5 Å². The van der Waals surface area contributed by atoms with E-state index in [0.717, 1.165) is 22.8 Å². The Morgan fingerprint density at radius 3 is 3.18 bits per heavy atom. The Hall–Kier alpha value is -1.26. The molecule has 0 radical (unpaired) electrons. The number of hydrogen-bond acceptors (Lipinski definition) is 3. The van der Waals surface area contributed by atoms with Gasteiger partial charge in [0.15, 0.2) is 0 Å². The lowest BCUT2D eigenvalue weighted by atomic mass is 10.1. The maximum absolute atomic E-state index is 10.5. The van der Waals surface area contributed by atoms with Gasteiger partial charge in [-0.2, -0.15) is 0 Å². The zero-order chi connectivity index (χ0) is 12.3. The van der Waals surface area contributed by atoms with Crippen molar-refractivity contribution >= 4 is 17.5 Å². The fraction of sp³-hybridized carbons (Fsp3) is 0.417. The normalized spacial score (nSPS) is 17.6. The monoisotopic (exact) mass is 254 g/mol. The lowest BCUT2D eigenvalue weighted by Crippen LogP contribution is -2.32. The fourth-order valence-corrected chi connectivity index (χ4v) is 2.07. The van der Waals surface area contributed by atoms with E-state index < -0.39 is 0 Å². The molecule has 2 rings (SSSR count). The predicted molar refractivity (Wildman–Crippen MR) is 66.3 cm³/mol. The van der Waals surface area contributed by atoms with Gasteiger partial charge < -0.3 is 15.8 Å². The third kappa shape index (κ3) is 3.35. The van der Waals surface area contributed by atoms with Gasteiger partial charge in [0.25, 0.3) is 0 Å². The molecule has 1 heterocycles. The zero-order valence-electron chi connectivity index (χ0n) is 9.41. The maximum Gasteiger partial charge on any atom is 0.218 e. The minimum atomic E-state index is -0.292. The number of carbonyl (C=O) groups is 1. The van der Waals surface area contributed by atoms with E-state index in [1.165, 1.54) is 0 Å².